The molecule has 0 saturated heterocycles. The molecule has 0 fully saturated rings. The maximum Gasteiger partial charge on any atom is 0.315 e. The molecule has 2 amide bonds. The first-order valence-electron chi connectivity index (χ1n) is 8.34. The summed E-state index contributed by atoms with van der Waals surface area (Å²) in [7, 11) is 0. The van der Waals surface area contributed by atoms with Gasteiger partial charge in [0.15, 0.2) is 11.6 Å². The van der Waals surface area contributed by atoms with E-state index in [1.54, 1.807) is 18.2 Å². The van der Waals surface area contributed by atoms with E-state index in [0.29, 0.717) is 19.8 Å². The van der Waals surface area contributed by atoms with Crippen molar-refractivity contribution in [2.75, 3.05) is 26.4 Å². The third-order valence-electron chi connectivity index (χ3n) is 3.55. The van der Waals surface area contributed by atoms with Crippen LogP contribution in [0.3, 0.4) is 0 Å². The van der Waals surface area contributed by atoms with E-state index in [9.17, 15) is 9.18 Å². The molecule has 0 spiro atoms. The molecule has 1 atom stereocenters. The molecule has 1 aromatic carbocycles. The Kier molecular flexibility index (Phi) is 8.54. The fourth-order valence-corrected chi connectivity index (χ4v) is 1.97. The zero-order valence-electron chi connectivity index (χ0n) is 15.0. The highest BCUT2D eigenvalue weighted by atomic mass is 19.1. The summed E-state index contributed by atoms with van der Waals surface area (Å²) in [6, 6.07) is 5.72. The third-order valence-corrected chi connectivity index (χ3v) is 3.55. The van der Waals surface area contributed by atoms with Crippen molar-refractivity contribution in [2.45, 2.75) is 40.2 Å². The Morgan fingerprint density at radius 1 is 1.29 bits per heavy atom. The number of benzene rings is 1. The predicted molar refractivity (Wildman–Crippen MR) is 92.8 cm³/mol. The van der Waals surface area contributed by atoms with Gasteiger partial charge in [-0.25, -0.2) is 9.18 Å². The number of carbonyl (C=O) groups excluding carboxylic acids is 1. The van der Waals surface area contributed by atoms with Crippen molar-refractivity contribution in [3.63, 3.8) is 0 Å². The summed E-state index contributed by atoms with van der Waals surface area (Å²) < 4.78 is 24.4. The van der Waals surface area contributed by atoms with Crippen LogP contribution < -0.4 is 15.4 Å². The maximum atomic E-state index is 13.6. The summed E-state index contributed by atoms with van der Waals surface area (Å²) >= 11 is 0. The van der Waals surface area contributed by atoms with Crippen LogP contribution in [0.5, 0.6) is 5.75 Å². The Balaban J connectivity index is 2.48. The minimum atomic E-state index is -0.412. The highest BCUT2D eigenvalue weighted by Gasteiger charge is 2.27. The van der Waals surface area contributed by atoms with Crippen LogP contribution in [0.4, 0.5) is 9.18 Å². The van der Waals surface area contributed by atoms with Gasteiger partial charge in [0.2, 0.25) is 0 Å². The van der Waals surface area contributed by atoms with Gasteiger partial charge in [-0.1, -0.05) is 32.9 Å². The molecule has 1 rings (SSSR count). The second-order valence-corrected chi connectivity index (χ2v) is 6.61. The van der Waals surface area contributed by atoms with E-state index in [4.69, 9.17) is 9.47 Å². The van der Waals surface area contributed by atoms with Crippen LogP contribution in [-0.2, 0) is 4.74 Å². The van der Waals surface area contributed by atoms with Crippen molar-refractivity contribution in [3.8, 4) is 5.75 Å². The van der Waals surface area contributed by atoms with Gasteiger partial charge in [-0.2, -0.15) is 0 Å². The minimum Gasteiger partial charge on any atom is -0.488 e. The van der Waals surface area contributed by atoms with Crippen LogP contribution in [0.2, 0.25) is 0 Å². The first-order chi connectivity index (χ1) is 11.3. The summed E-state index contributed by atoms with van der Waals surface area (Å²) in [6.07, 6.45) is 0.757. The number of hydrogen-bond donors (Lipinski definition) is 2. The van der Waals surface area contributed by atoms with Gasteiger partial charge in [0.25, 0.3) is 0 Å². The molecule has 0 aliphatic heterocycles. The van der Waals surface area contributed by atoms with Crippen molar-refractivity contribution >= 4 is 6.03 Å². The summed E-state index contributed by atoms with van der Waals surface area (Å²) in [4.78, 5) is 12.0. The van der Waals surface area contributed by atoms with E-state index >= 15 is 0 Å². The summed E-state index contributed by atoms with van der Waals surface area (Å²) in [5.74, 6) is -0.226. The van der Waals surface area contributed by atoms with E-state index in [1.165, 1.54) is 6.07 Å². The Morgan fingerprint density at radius 3 is 2.62 bits per heavy atom. The van der Waals surface area contributed by atoms with E-state index < -0.39 is 5.82 Å². The Labute approximate surface area is 143 Å². The van der Waals surface area contributed by atoms with Crippen molar-refractivity contribution in [1.82, 2.24) is 10.6 Å². The zero-order valence-corrected chi connectivity index (χ0v) is 15.0. The molecule has 0 aliphatic carbocycles. The van der Waals surface area contributed by atoms with Crippen LogP contribution >= 0.6 is 0 Å². The second kappa shape index (κ2) is 10.1. The average Bonchev–Trinajstić information content (AvgIpc) is 2.51. The van der Waals surface area contributed by atoms with Crippen molar-refractivity contribution in [1.29, 1.82) is 0 Å². The summed E-state index contributed by atoms with van der Waals surface area (Å²) in [6.45, 7) is 9.95. The molecule has 136 valence electrons. The van der Waals surface area contributed by atoms with E-state index in [2.05, 4.69) is 10.6 Å². The SMILES string of the molecule is CCOCCCNC(=O)NC(COc1ccccc1F)C(C)(C)C. The first kappa shape index (κ1) is 20.2. The topological polar surface area (TPSA) is 59.6 Å². The Morgan fingerprint density at radius 2 is 2.00 bits per heavy atom. The molecule has 6 heteroatoms. The highest BCUT2D eigenvalue weighted by molar-refractivity contribution is 5.74. The van der Waals surface area contributed by atoms with E-state index in [0.717, 1.165) is 6.42 Å². The lowest BCUT2D eigenvalue weighted by Crippen LogP contribution is -2.51. The molecule has 2 N–H and O–H groups in total. The number of urea groups is 1. The molecular formula is C18H29FN2O3. The molecule has 24 heavy (non-hydrogen) atoms. The molecular weight excluding hydrogens is 311 g/mol. The average molecular weight is 340 g/mol. The van der Waals surface area contributed by atoms with Gasteiger partial charge in [-0.3, -0.25) is 0 Å². The summed E-state index contributed by atoms with van der Waals surface area (Å²) in [5.41, 5.74) is -0.228. The lowest BCUT2D eigenvalue weighted by atomic mass is 9.87. The smallest absolute Gasteiger partial charge is 0.315 e. The predicted octanol–water partition coefficient (Wildman–Crippen LogP) is 3.35. The van der Waals surface area contributed by atoms with Crippen LogP contribution in [0, 0.1) is 11.2 Å². The number of ether oxygens (including phenoxy) is 2. The molecule has 0 aliphatic rings. The molecule has 0 radical (unpaired) electrons. The van der Waals surface area contributed by atoms with Crippen LogP contribution in [0.15, 0.2) is 24.3 Å². The fourth-order valence-electron chi connectivity index (χ4n) is 1.97. The molecule has 0 heterocycles. The molecule has 0 aromatic heterocycles. The number of amides is 2. The zero-order chi connectivity index (χ0) is 18.0. The Hall–Kier alpha value is -1.82. The first-order valence-corrected chi connectivity index (χ1v) is 8.34. The van der Waals surface area contributed by atoms with Crippen molar-refractivity contribution < 1.29 is 18.7 Å². The molecule has 0 saturated carbocycles. The van der Waals surface area contributed by atoms with Gasteiger partial charge in [0.05, 0.1) is 6.04 Å². The number of para-hydroxylation sites is 1. The number of nitrogens with one attached hydrogen (secondary N) is 2. The number of halogens is 1. The van der Waals surface area contributed by atoms with Crippen molar-refractivity contribution in [3.05, 3.63) is 30.1 Å². The van der Waals surface area contributed by atoms with Gasteiger partial charge in [-0.15, -0.1) is 0 Å². The lowest BCUT2D eigenvalue weighted by molar-refractivity contribution is 0.144. The number of rotatable bonds is 9. The van der Waals surface area contributed by atoms with Crippen LogP contribution in [0.25, 0.3) is 0 Å². The van der Waals surface area contributed by atoms with Gasteiger partial charge in [-0.05, 0) is 30.9 Å². The van der Waals surface area contributed by atoms with Gasteiger partial charge >= 0.3 is 6.03 Å². The van der Waals surface area contributed by atoms with Gasteiger partial charge in [0, 0.05) is 19.8 Å². The van der Waals surface area contributed by atoms with Crippen LogP contribution in [0.1, 0.15) is 34.1 Å². The normalized spacial score (nSPS) is 12.5. The van der Waals surface area contributed by atoms with E-state index in [-0.39, 0.29) is 29.8 Å². The van der Waals surface area contributed by atoms with Gasteiger partial charge < -0.3 is 20.1 Å². The standard InChI is InChI=1S/C18H29FN2O3/c1-5-23-12-8-11-20-17(22)21-16(18(2,3)4)13-24-15-10-7-6-9-14(15)19/h6-7,9-10,16H,5,8,11-13H2,1-4H3,(H2,20,21,22). The van der Waals surface area contributed by atoms with Gasteiger partial charge in [0.1, 0.15) is 6.61 Å². The monoisotopic (exact) mass is 340 g/mol. The second-order valence-electron chi connectivity index (χ2n) is 6.61. The molecule has 0 bridgehead atoms. The Bertz CT molecular complexity index is 503. The molecule has 1 aromatic rings. The number of carbonyl (C=O) groups is 1. The minimum absolute atomic E-state index is 0.186. The maximum absolute atomic E-state index is 13.6. The largest absolute Gasteiger partial charge is 0.488 e. The van der Waals surface area contributed by atoms with E-state index in [1.807, 2.05) is 27.7 Å². The molecule has 1 unspecified atom stereocenters. The quantitative estimate of drug-likeness (QED) is 0.678. The highest BCUT2D eigenvalue weighted by Crippen LogP contribution is 2.22. The van der Waals surface area contributed by atoms with Crippen LogP contribution in [-0.4, -0.2) is 38.4 Å². The van der Waals surface area contributed by atoms with Crippen molar-refractivity contribution in [2.24, 2.45) is 5.41 Å². The number of hydrogen-bond acceptors (Lipinski definition) is 3. The lowest BCUT2D eigenvalue weighted by Gasteiger charge is -2.31. The molecule has 5 nitrogen and oxygen atoms in total. The summed E-state index contributed by atoms with van der Waals surface area (Å²) in [5, 5.41) is 5.69. The fraction of sp³-hybridized carbons (Fsp3) is 0.611. The third kappa shape index (κ3) is 7.64.